The Balaban J connectivity index is 1.94. The molecule has 0 aromatic heterocycles. The Morgan fingerprint density at radius 1 is 1.32 bits per heavy atom. The lowest BCUT2D eigenvalue weighted by Gasteiger charge is -2.42. The van der Waals surface area contributed by atoms with Gasteiger partial charge in [0.05, 0.1) is 12.0 Å². The van der Waals surface area contributed by atoms with E-state index in [1.165, 1.54) is 6.07 Å². The minimum absolute atomic E-state index is 0.0753. The van der Waals surface area contributed by atoms with Crippen LogP contribution in [0.4, 0.5) is 4.39 Å². The first-order valence-corrected chi connectivity index (χ1v) is 9.03. The molecule has 3 atom stereocenters. The number of amides is 1. The highest BCUT2D eigenvalue weighted by Crippen LogP contribution is 2.39. The molecule has 2 heterocycles. The zero-order valence-electron chi connectivity index (χ0n) is 14.5. The van der Waals surface area contributed by atoms with E-state index in [-0.39, 0.29) is 24.8 Å². The first-order chi connectivity index (χ1) is 12.0. The molecule has 0 unspecified atom stereocenters. The molecule has 1 aromatic rings. The zero-order chi connectivity index (χ0) is 18.0. The van der Waals surface area contributed by atoms with Crippen LogP contribution in [0.15, 0.2) is 24.3 Å². The minimum Gasteiger partial charge on any atom is -0.481 e. The van der Waals surface area contributed by atoms with E-state index in [2.05, 4.69) is 11.8 Å². The number of carbonyl (C=O) groups is 2. The van der Waals surface area contributed by atoms with E-state index < -0.39 is 23.7 Å². The van der Waals surface area contributed by atoms with E-state index in [1.807, 2.05) is 0 Å². The number of aliphatic carboxylic acids is 1. The summed E-state index contributed by atoms with van der Waals surface area (Å²) in [5.41, 5.74) is 0.309. The Morgan fingerprint density at radius 2 is 2.08 bits per heavy atom. The van der Waals surface area contributed by atoms with Crippen molar-refractivity contribution in [2.45, 2.75) is 44.7 Å². The summed E-state index contributed by atoms with van der Waals surface area (Å²) in [5, 5.41) is 9.65. The molecule has 2 fully saturated rings. The molecule has 2 saturated heterocycles. The molecule has 0 bridgehead atoms. The van der Waals surface area contributed by atoms with Gasteiger partial charge in [-0.25, -0.2) is 4.39 Å². The predicted molar refractivity (Wildman–Crippen MR) is 91.5 cm³/mol. The topological polar surface area (TPSA) is 60.9 Å². The van der Waals surface area contributed by atoms with E-state index in [1.54, 1.807) is 23.1 Å². The lowest BCUT2D eigenvalue weighted by Crippen LogP contribution is -2.50. The summed E-state index contributed by atoms with van der Waals surface area (Å²) in [6.45, 7) is 4.45. The molecule has 5 nitrogen and oxygen atoms in total. The molecule has 2 aliphatic rings. The molecular weight excluding hydrogens is 323 g/mol. The van der Waals surface area contributed by atoms with Crippen molar-refractivity contribution in [1.82, 2.24) is 9.80 Å². The quantitative estimate of drug-likeness (QED) is 0.889. The zero-order valence-corrected chi connectivity index (χ0v) is 14.5. The first-order valence-electron chi connectivity index (χ1n) is 9.03. The SMILES string of the molecule is CCN1CCC[C@@H]1CN1C(=O)CC[C@@H](C(=O)O)[C@@H]1c1ccccc1F. The van der Waals surface area contributed by atoms with Gasteiger partial charge in [-0.05, 0) is 38.4 Å². The van der Waals surface area contributed by atoms with Crippen LogP contribution in [0.25, 0.3) is 0 Å². The number of likely N-dealkylation sites (tertiary alicyclic amines) is 2. The van der Waals surface area contributed by atoms with Crippen molar-refractivity contribution in [2.24, 2.45) is 5.92 Å². The highest BCUT2D eigenvalue weighted by Gasteiger charge is 2.43. The van der Waals surface area contributed by atoms with Gasteiger partial charge in [0, 0.05) is 24.6 Å². The van der Waals surface area contributed by atoms with Gasteiger partial charge in [0.25, 0.3) is 0 Å². The van der Waals surface area contributed by atoms with Crippen molar-refractivity contribution >= 4 is 11.9 Å². The number of piperidine rings is 1. The van der Waals surface area contributed by atoms with Crippen molar-refractivity contribution in [3.8, 4) is 0 Å². The standard InChI is InChI=1S/C19H25FN2O3/c1-2-21-11-5-6-13(21)12-22-17(23)10-9-15(19(24)25)18(22)14-7-3-4-8-16(14)20/h3-4,7-8,13,15,18H,2,5-6,9-12H2,1H3,(H,24,25)/t13-,15-,18+/m1/s1. The van der Waals surface area contributed by atoms with Crippen LogP contribution in [0.1, 0.15) is 44.2 Å². The van der Waals surface area contributed by atoms with Crippen molar-refractivity contribution < 1.29 is 19.1 Å². The number of hydrogen-bond acceptors (Lipinski definition) is 3. The summed E-state index contributed by atoms with van der Waals surface area (Å²) in [7, 11) is 0. The van der Waals surface area contributed by atoms with E-state index in [0.29, 0.717) is 12.1 Å². The predicted octanol–water partition coefficient (Wildman–Crippen LogP) is 2.67. The Kier molecular flexibility index (Phi) is 5.37. The van der Waals surface area contributed by atoms with Gasteiger partial charge in [0.2, 0.25) is 5.91 Å². The maximum Gasteiger partial charge on any atom is 0.308 e. The molecular formula is C19H25FN2O3. The summed E-state index contributed by atoms with van der Waals surface area (Å²) in [5.74, 6) is -2.26. The average Bonchev–Trinajstić information content (AvgIpc) is 3.04. The summed E-state index contributed by atoms with van der Waals surface area (Å²) in [6, 6.07) is 5.70. The van der Waals surface area contributed by atoms with Gasteiger partial charge in [-0.2, -0.15) is 0 Å². The van der Waals surface area contributed by atoms with Crippen LogP contribution in [-0.4, -0.2) is 52.5 Å². The fourth-order valence-corrected chi connectivity index (χ4v) is 4.27. The van der Waals surface area contributed by atoms with Crippen LogP contribution in [0, 0.1) is 11.7 Å². The molecule has 1 amide bonds. The number of halogens is 1. The van der Waals surface area contributed by atoms with E-state index in [9.17, 15) is 19.1 Å². The number of likely N-dealkylation sites (N-methyl/N-ethyl adjacent to an activating group) is 1. The van der Waals surface area contributed by atoms with Gasteiger partial charge in [-0.15, -0.1) is 0 Å². The first kappa shape index (κ1) is 17.9. The summed E-state index contributed by atoms with van der Waals surface area (Å²) < 4.78 is 14.4. The largest absolute Gasteiger partial charge is 0.481 e. The fraction of sp³-hybridized carbons (Fsp3) is 0.579. The van der Waals surface area contributed by atoms with Crippen molar-refractivity contribution in [3.63, 3.8) is 0 Å². The third-order valence-corrected chi connectivity index (χ3v) is 5.56. The van der Waals surface area contributed by atoms with Crippen molar-refractivity contribution in [1.29, 1.82) is 0 Å². The minimum atomic E-state index is -0.968. The molecule has 6 heteroatoms. The average molecular weight is 348 g/mol. The molecule has 2 aliphatic heterocycles. The smallest absolute Gasteiger partial charge is 0.308 e. The number of carboxylic acid groups (broad SMARTS) is 1. The van der Waals surface area contributed by atoms with Crippen molar-refractivity contribution in [2.75, 3.05) is 19.6 Å². The van der Waals surface area contributed by atoms with Crippen LogP contribution in [0.5, 0.6) is 0 Å². The van der Waals surface area contributed by atoms with Crippen LogP contribution < -0.4 is 0 Å². The van der Waals surface area contributed by atoms with E-state index in [4.69, 9.17) is 0 Å². The third-order valence-electron chi connectivity index (χ3n) is 5.56. The third kappa shape index (κ3) is 3.54. The van der Waals surface area contributed by atoms with E-state index >= 15 is 0 Å². The maximum absolute atomic E-state index is 14.4. The molecule has 1 aromatic carbocycles. The Bertz CT molecular complexity index is 651. The van der Waals surface area contributed by atoms with Crippen molar-refractivity contribution in [3.05, 3.63) is 35.6 Å². The van der Waals surface area contributed by atoms with Gasteiger partial charge in [-0.1, -0.05) is 25.1 Å². The van der Waals surface area contributed by atoms with E-state index in [0.717, 1.165) is 25.9 Å². The van der Waals surface area contributed by atoms with Gasteiger partial charge in [0.15, 0.2) is 0 Å². The molecule has 0 aliphatic carbocycles. The number of nitrogens with zero attached hydrogens (tertiary/aromatic N) is 2. The molecule has 136 valence electrons. The lowest BCUT2D eigenvalue weighted by atomic mass is 9.83. The molecule has 1 N–H and O–H groups in total. The number of rotatable bonds is 5. The highest BCUT2D eigenvalue weighted by atomic mass is 19.1. The van der Waals surface area contributed by atoms with Crippen LogP contribution in [0.2, 0.25) is 0 Å². The normalized spacial score (nSPS) is 27.7. The van der Waals surface area contributed by atoms with Crippen LogP contribution in [0.3, 0.4) is 0 Å². The number of benzene rings is 1. The maximum atomic E-state index is 14.4. The molecule has 0 spiro atoms. The number of carboxylic acids is 1. The Hall–Kier alpha value is -1.95. The monoisotopic (exact) mass is 348 g/mol. The highest BCUT2D eigenvalue weighted by molar-refractivity contribution is 5.81. The second-order valence-electron chi connectivity index (χ2n) is 6.92. The second kappa shape index (κ2) is 7.52. The van der Waals surface area contributed by atoms with Gasteiger partial charge in [-0.3, -0.25) is 14.5 Å². The molecule has 0 saturated carbocycles. The fourth-order valence-electron chi connectivity index (χ4n) is 4.27. The Morgan fingerprint density at radius 3 is 2.76 bits per heavy atom. The Labute approximate surface area is 147 Å². The number of hydrogen-bond donors (Lipinski definition) is 1. The summed E-state index contributed by atoms with van der Waals surface area (Å²) in [4.78, 5) is 28.4. The summed E-state index contributed by atoms with van der Waals surface area (Å²) in [6.07, 6.45) is 2.53. The second-order valence-corrected chi connectivity index (χ2v) is 6.92. The van der Waals surface area contributed by atoms with Gasteiger partial charge >= 0.3 is 5.97 Å². The molecule has 0 radical (unpaired) electrons. The van der Waals surface area contributed by atoms with Crippen LogP contribution in [-0.2, 0) is 9.59 Å². The lowest BCUT2D eigenvalue weighted by molar-refractivity contribution is -0.152. The summed E-state index contributed by atoms with van der Waals surface area (Å²) >= 11 is 0. The molecule has 3 rings (SSSR count). The molecule has 25 heavy (non-hydrogen) atoms. The van der Waals surface area contributed by atoms with Crippen LogP contribution >= 0.6 is 0 Å². The number of carbonyl (C=O) groups excluding carboxylic acids is 1. The van der Waals surface area contributed by atoms with Gasteiger partial charge in [0.1, 0.15) is 5.82 Å². The van der Waals surface area contributed by atoms with Gasteiger partial charge < -0.3 is 10.0 Å².